The Labute approximate surface area is 260 Å². The molecule has 7 heteroatoms. The van der Waals surface area contributed by atoms with E-state index in [0.29, 0.717) is 32.7 Å². The van der Waals surface area contributed by atoms with Gasteiger partial charge in [0.1, 0.15) is 0 Å². The van der Waals surface area contributed by atoms with Gasteiger partial charge < -0.3 is 14.2 Å². The zero-order chi connectivity index (χ0) is 30.2. The maximum absolute atomic E-state index is 11.7. The fourth-order valence-corrected chi connectivity index (χ4v) is 6.49. The van der Waals surface area contributed by atoms with E-state index in [9.17, 15) is 9.59 Å². The highest BCUT2D eigenvalue weighted by Crippen LogP contribution is 2.24. The van der Waals surface area contributed by atoms with Crippen LogP contribution >= 0.6 is 23.5 Å². The molecule has 0 saturated heterocycles. The van der Waals surface area contributed by atoms with Crippen LogP contribution in [0.1, 0.15) is 128 Å². The molecule has 0 radical (unpaired) electrons. The molecular weight excluding hydrogens is 553 g/mol. The molecule has 0 aliphatic heterocycles. The molecule has 41 heavy (non-hydrogen) atoms. The van der Waals surface area contributed by atoms with Gasteiger partial charge in [-0.3, -0.25) is 9.59 Å². The molecule has 5 nitrogen and oxygen atoms in total. The second-order valence-corrected chi connectivity index (χ2v) is 12.8. The zero-order valence-corrected chi connectivity index (χ0v) is 28.4. The highest BCUT2D eigenvalue weighted by molar-refractivity contribution is 8.13. The Bertz CT molecular complexity index is 772. The first-order valence-corrected chi connectivity index (χ1v) is 18.2. The third-order valence-corrected chi connectivity index (χ3v) is 9.08. The van der Waals surface area contributed by atoms with Gasteiger partial charge in [-0.15, -0.1) is 0 Å². The van der Waals surface area contributed by atoms with Gasteiger partial charge in [0.25, 0.3) is 5.97 Å². The fraction of sp³-hybridized carbons (Fsp3) is 0.765. The summed E-state index contributed by atoms with van der Waals surface area (Å²) in [5.74, 6) is 0.814. The van der Waals surface area contributed by atoms with Gasteiger partial charge in [-0.2, -0.15) is 0 Å². The number of ether oxygens (including phenoxy) is 3. The normalized spacial score (nSPS) is 11.7. The summed E-state index contributed by atoms with van der Waals surface area (Å²) in [7, 11) is 0. The summed E-state index contributed by atoms with van der Waals surface area (Å²) in [5, 5.41) is 0.533. The van der Waals surface area contributed by atoms with Gasteiger partial charge in [0, 0.05) is 50.6 Å². The van der Waals surface area contributed by atoms with Crippen molar-refractivity contribution >= 4 is 33.8 Å². The molecule has 0 unspecified atom stereocenters. The van der Waals surface area contributed by atoms with E-state index in [2.05, 4.69) is 18.2 Å². The molecular formula is C34H58O5S2. The standard InChI is InChI=1S/C34H58O5S2/c1-6-32(35)40-24-21-30-26-29(27-31(28-30)22-25-41-33(36)7-2)20-18-16-14-12-11-13-15-17-19-23-34(37-8-3,38-9-4)39-10-5/h26-28H,6-25H2,1-5H3. The van der Waals surface area contributed by atoms with Crippen molar-refractivity contribution in [2.45, 2.75) is 137 Å². The summed E-state index contributed by atoms with van der Waals surface area (Å²) < 4.78 is 17.5. The molecule has 0 spiro atoms. The van der Waals surface area contributed by atoms with Crippen LogP contribution in [0.5, 0.6) is 0 Å². The predicted molar refractivity (Wildman–Crippen MR) is 177 cm³/mol. The summed E-state index contributed by atoms with van der Waals surface area (Å²) in [4.78, 5) is 23.4. The van der Waals surface area contributed by atoms with Crippen LogP contribution in [0, 0.1) is 0 Å². The lowest BCUT2D eigenvalue weighted by Gasteiger charge is -2.32. The van der Waals surface area contributed by atoms with Crippen molar-refractivity contribution in [2.75, 3.05) is 31.3 Å². The van der Waals surface area contributed by atoms with Gasteiger partial charge in [-0.05, 0) is 69.6 Å². The molecule has 0 bridgehead atoms. The van der Waals surface area contributed by atoms with Crippen LogP contribution in [0.2, 0.25) is 0 Å². The number of rotatable bonds is 26. The fourth-order valence-electron chi connectivity index (χ4n) is 4.95. The van der Waals surface area contributed by atoms with E-state index in [1.165, 1.54) is 91.6 Å². The SMILES string of the molecule is CCOC(CCCCCCCCCCCc1cc(CCSC(=O)CC)cc(CCSC(=O)CC)c1)(OCC)OCC. The Balaban J connectivity index is 2.35. The lowest BCUT2D eigenvalue weighted by Crippen LogP contribution is -2.39. The highest BCUT2D eigenvalue weighted by atomic mass is 32.2. The average molecular weight is 611 g/mol. The minimum absolute atomic E-state index is 0.266. The van der Waals surface area contributed by atoms with E-state index >= 15 is 0 Å². The van der Waals surface area contributed by atoms with Crippen molar-refractivity contribution in [3.8, 4) is 0 Å². The van der Waals surface area contributed by atoms with E-state index in [1.54, 1.807) is 0 Å². The number of hydrogen-bond donors (Lipinski definition) is 0. The predicted octanol–water partition coefficient (Wildman–Crippen LogP) is 9.32. The number of hydrogen-bond acceptors (Lipinski definition) is 7. The van der Waals surface area contributed by atoms with Crippen LogP contribution in [0.3, 0.4) is 0 Å². The summed E-state index contributed by atoms with van der Waals surface area (Å²) in [6.07, 6.45) is 16.1. The Morgan fingerprint density at radius 2 is 0.927 bits per heavy atom. The molecule has 0 saturated carbocycles. The lowest BCUT2D eigenvalue weighted by molar-refractivity contribution is -0.380. The number of benzene rings is 1. The Morgan fingerprint density at radius 1 is 0.561 bits per heavy atom. The maximum atomic E-state index is 11.7. The quantitative estimate of drug-likeness (QED) is 0.0765. The van der Waals surface area contributed by atoms with Crippen molar-refractivity contribution in [3.63, 3.8) is 0 Å². The highest BCUT2D eigenvalue weighted by Gasteiger charge is 2.31. The third kappa shape index (κ3) is 18.4. The molecule has 1 aromatic carbocycles. The number of carbonyl (C=O) groups excluding carboxylic acids is 2. The van der Waals surface area contributed by atoms with Gasteiger partial charge in [-0.25, -0.2) is 0 Å². The zero-order valence-electron chi connectivity index (χ0n) is 26.7. The second kappa shape index (κ2) is 24.6. The molecule has 0 heterocycles. The molecule has 236 valence electrons. The maximum Gasteiger partial charge on any atom is 0.282 e. The van der Waals surface area contributed by atoms with Crippen molar-refractivity contribution in [2.24, 2.45) is 0 Å². The van der Waals surface area contributed by atoms with Gasteiger partial charge in [0.15, 0.2) is 10.2 Å². The van der Waals surface area contributed by atoms with Crippen molar-refractivity contribution in [3.05, 3.63) is 34.9 Å². The van der Waals surface area contributed by atoms with Crippen LogP contribution in [0.4, 0.5) is 0 Å². The van der Waals surface area contributed by atoms with Crippen LogP contribution in [-0.2, 0) is 43.1 Å². The molecule has 0 atom stereocenters. The number of thioether (sulfide) groups is 2. The van der Waals surface area contributed by atoms with Crippen LogP contribution < -0.4 is 0 Å². The summed E-state index contributed by atoms with van der Waals surface area (Å²) in [6.45, 7) is 11.6. The first kappa shape index (κ1) is 38.2. The molecule has 0 aliphatic rings. The van der Waals surface area contributed by atoms with Gasteiger partial charge in [0.05, 0.1) is 0 Å². The van der Waals surface area contributed by atoms with Gasteiger partial charge in [-0.1, -0.05) is 101 Å². The molecule has 0 N–H and O–H groups in total. The first-order chi connectivity index (χ1) is 19.9. The van der Waals surface area contributed by atoms with Crippen LogP contribution in [0.25, 0.3) is 0 Å². The summed E-state index contributed by atoms with van der Waals surface area (Å²) >= 11 is 2.89. The van der Waals surface area contributed by atoms with Crippen molar-refractivity contribution in [1.29, 1.82) is 0 Å². The van der Waals surface area contributed by atoms with Crippen molar-refractivity contribution in [1.82, 2.24) is 0 Å². The average Bonchev–Trinajstić information content (AvgIpc) is 2.96. The Morgan fingerprint density at radius 3 is 1.32 bits per heavy atom. The minimum atomic E-state index is -0.862. The number of carbonyl (C=O) groups is 2. The second-order valence-electron chi connectivity index (χ2n) is 10.5. The molecule has 0 amide bonds. The topological polar surface area (TPSA) is 61.8 Å². The van der Waals surface area contributed by atoms with Crippen LogP contribution in [-0.4, -0.2) is 47.5 Å². The molecule has 0 fully saturated rings. The molecule has 1 rings (SSSR count). The number of unbranched alkanes of at least 4 members (excludes halogenated alkanes) is 8. The Hall–Kier alpha value is -0.860. The van der Waals surface area contributed by atoms with Gasteiger partial charge in [0.2, 0.25) is 0 Å². The van der Waals surface area contributed by atoms with Gasteiger partial charge >= 0.3 is 0 Å². The van der Waals surface area contributed by atoms with E-state index in [4.69, 9.17) is 14.2 Å². The lowest BCUT2D eigenvalue weighted by atomic mass is 9.98. The Kier molecular flexibility index (Phi) is 22.9. The summed E-state index contributed by atoms with van der Waals surface area (Å²) in [5.41, 5.74) is 4.04. The van der Waals surface area contributed by atoms with E-state index in [0.717, 1.165) is 43.6 Å². The van der Waals surface area contributed by atoms with E-state index in [1.807, 2.05) is 34.6 Å². The monoisotopic (exact) mass is 610 g/mol. The minimum Gasteiger partial charge on any atom is -0.328 e. The first-order valence-electron chi connectivity index (χ1n) is 16.3. The largest absolute Gasteiger partial charge is 0.328 e. The van der Waals surface area contributed by atoms with E-state index < -0.39 is 5.97 Å². The smallest absolute Gasteiger partial charge is 0.282 e. The van der Waals surface area contributed by atoms with Crippen LogP contribution in [0.15, 0.2) is 18.2 Å². The van der Waals surface area contributed by atoms with E-state index in [-0.39, 0.29) is 10.2 Å². The van der Waals surface area contributed by atoms with Crippen molar-refractivity contribution < 1.29 is 23.8 Å². The number of aryl methyl sites for hydroxylation is 3. The molecule has 0 aliphatic carbocycles. The summed E-state index contributed by atoms with van der Waals surface area (Å²) in [6, 6.07) is 6.95. The molecule has 0 aromatic heterocycles. The molecule has 1 aromatic rings. The third-order valence-electron chi connectivity index (χ3n) is 7.04.